The zero-order valence-electron chi connectivity index (χ0n) is 18.1. The fraction of sp³-hybridized carbons (Fsp3) is 0.739. The second kappa shape index (κ2) is 16.8. The third kappa shape index (κ3) is 14.7. The number of phosphoric acid groups is 1. The minimum Gasteiger partial charge on any atom is -0.404 e. The molecule has 0 aliphatic heterocycles. The number of alkyl halides is 1. The highest BCUT2D eigenvalue weighted by atomic mass is 31.2. The van der Waals surface area contributed by atoms with Crippen molar-refractivity contribution in [2.45, 2.75) is 103 Å². The molecule has 1 N–H and O–H groups in total. The summed E-state index contributed by atoms with van der Waals surface area (Å²) in [5, 5.41) is 0. The highest BCUT2D eigenvalue weighted by Crippen LogP contribution is 2.43. The van der Waals surface area contributed by atoms with Gasteiger partial charge in [-0.3, -0.25) is 9.42 Å². The van der Waals surface area contributed by atoms with E-state index < -0.39 is 14.5 Å². The Hall–Kier alpha value is -0.900. The molecule has 0 heterocycles. The van der Waals surface area contributed by atoms with Crippen LogP contribution in [0.3, 0.4) is 0 Å². The Kier molecular flexibility index (Phi) is 15.2. The molecule has 1 rings (SSSR count). The summed E-state index contributed by atoms with van der Waals surface area (Å²) in [6, 6.07) is 5.97. The minimum atomic E-state index is -4.12. The smallest absolute Gasteiger partial charge is 0.404 e. The molecule has 0 spiro atoms. The highest BCUT2D eigenvalue weighted by molar-refractivity contribution is 7.47. The Bertz CT molecular complexity index is 550. The van der Waals surface area contributed by atoms with Crippen LogP contribution in [0.4, 0.5) is 4.39 Å². The summed E-state index contributed by atoms with van der Waals surface area (Å²) in [4.78, 5) is 9.74. The molecule has 0 radical (unpaired) electrons. The van der Waals surface area contributed by atoms with Crippen LogP contribution in [0.5, 0.6) is 5.75 Å². The summed E-state index contributed by atoms with van der Waals surface area (Å²) in [5.74, 6) is 0.203. The maximum absolute atomic E-state index is 12.5. The molecule has 1 aromatic rings. The van der Waals surface area contributed by atoms with Gasteiger partial charge in [0, 0.05) is 0 Å². The predicted octanol–water partition coefficient (Wildman–Crippen LogP) is 8.13. The number of unbranched alkanes of at least 4 members (excludes halogenated alkanes) is 13. The number of rotatable bonds is 19. The van der Waals surface area contributed by atoms with E-state index in [0.29, 0.717) is 5.56 Å². The van der Waals surface area contributed by atoms with Gasteiger partial charge in [0.2, 0.25) is 0 Å². The van der Waals surface area contributed by atoms with Gasteiger partial charge in [0.1, 0.15) is 12.4 Å². The SMILES string of the molecule is CCCCCCCCCCCCCCCCOP(=O)(O)Oc1ccc(CF)cc1. The fourth-order valence-electron chi connectivity index (χ4n) is 3.28. The predicted molar refractivity (Wildman–Crippen MR) is 118 cm³/mol. The standard InChI is InChI=1S/C23H40FO4P/c1-2-3-4-5-6-7-8-9-10-11-12-13-14-15-20-27-29(25,26)28-23-18-16-22(21-24)17-19-23/h16-19H,2-15,20-21H2,1H3,(H,25,26). The lowest BCUT2D eigenvalue weighted by molar-refractivity contribution is 0.199. The van der Waals surface area contributed by atoms with Crippen molar-refractivity contribution in [3.63, 3.8) is 0 Å². The topological polar surface area (TPSA) is 55.8 Å². The number of hydrogen-bond donors (Lipinski definition) is 1. The van der Waals surface area contributed by atoms with E-state index >= 15 is 0 Å². The molecule has 6 heteroatoms. The van der Waals surface area contributed by atoms with Crippen LogP contribution in [0.25, 0.3) is 0 Å². The Labute approximate surface area is 176 Å². The zero-order valence-corrected chi connectivity index (χ0v) is 19.0. The molecule has 0 saturated carbocycles. The number of halogens is 1. The molecule has 1 unspecified atom stereocenters. The summed E-state index contributed by atoms with van der Waals surface area (Å²) in [5.41, 5.74) is 0.494. The molecule has 0 bridgehead atoms. The van der Waals surface area contributed by atoms with Gasteiger partial charge in [0.15, 0.2) is 0 Å². The van der Waals surface area contributed by atoms with Crippen LogP contribution in [0, 0.1) is 0 Å². The van der Waals surface area contributed by atoms with Gasteiger partial charge >= 0.3 is 7.82 Å². The van der Waals surface area contributed by atoms with E-state index in [9.17, 15) is 13.8 Å². The van der Waals surface area contributed by atoms with Crippen molar-refractivity contribution in [2.24, 2.45) is 0 Å². The molecule has 0 aliphatic rings. The van der Waals surface area contributed by atoms with E-state index in [0.717, 1.165) is 19.3 Å². The van der Waals surface area contributed by atoms with Crippen LogP contribution < -0.4 is 4.52 Å². The first-order chi connectivity index (χ1) is 14.1. The Morgan fingerprint density at radius 1 is 0.793 bits per heavy atom. The van der Waals surface area contributed by atoms with Crippen molar-refractivity contribution in [1.29, 1.82) is 0 Å². The average molecular weight is 431 g/mol. The summed E-state index contributed by atoms with van der Waals surface area (Å²) in [6.45, 7) is 1.88. The van der Waals surface area contributed by atoms with Gasteiger partial charge in [-0.2, -0.15) is 0 Å². The summed E-state index contributed by atoms with van der Waals surface area (Å²) in [7, 11) is -4.12. The molecule has 0 saturated heterocycles. The third-order valence-corrected chi connectivity index (χ3v) is 6.00. The molecule has 0 amide bonds. The van der Waals surface area contributed by atoms with Gasteiger partial charge in [-0.15, -0.1) is 0 Å². The van der Waals surface area contributed by atoms with Crippen molar-refractivity contribution >= 4 is 7.82 Å². The van der Waals surface area contributed by atoms with Crippen LogP contribution in [-0.4, -0.2) is 11.5 Å². The van der Waals surface area contributed by atoms with Crippen LogP contribution in [0.1, 0.15) is 102 Å². The van der Waals surface area contributed by atoms with Gasteiger partial charge in [0.05, 0.1) is 6.61 Å². The number of phosphoric ester groups is 1. The first-order valence-electron chi connectivity index (χ1n) is 11.4. The van der Waals surface area contributed by atoms with Gasteiger partial charge < -0.3 is 4.52 Å². The van der Waals surface area contributed by atoms with Crippen LogP contribution in [0.2, 0.25) is 0 Å². The first-order valence-corrected chi connectivity index (χ1v) is 12.9. The zero-order chi connectivity index (χ0) is 21.2. The van der Waals surface area contributed by atoms with Crippen molar-refractivity contribution in [2.75, 3.05) is 6.61 Å². The van der Waals surface area contributed by atoms with Crippen molar-refractivity contribution < 1.29 is 22.9 Å². The molecule has 4 nitrogen and oxygen atoms in total. The van der Waals surface area contributed by atoms with Gasteiger partial charge in [0.25, 0.3) is 0 Å². The summed E-state index contributed by atoms with van der Waals surface area (Å²) >= 11 is 0. The van der Waals surface area contributed by atoms with Crippen LogP contribution in [-0.2, 0) is 15.8 Å². The van der Waals surface area contributed by atoms with Crippen LogP contribution >= 0.6 is 7.82 Å². The lowest BCUT2D eigenvalue weighted by atomic mass is 10.0. The van der Waals surface area contributed by atoms with E-state index in [4.69, 9.17) is 9.05 Å². The molecule has 29 heavy (non-hydrogen) atoms. The molecular weight excluding hydrogens is 390 g/mol. The van der Waals surface area contributed by atoms with E-state index in [1.54, 1.807) is 0 Å². The van der Waals surface area contributed by atoms with E-state index in [1.807, 2.05) is 0 Å². The second-order valence-electron chi connectivity index (χ2n) is 7.77. The highest BCUT2D eigenvalue weighted by Gasteiger charge is 2.22. The number of benzene rings is 1. The van der Waals surface area contributed by atoms with E-state index in [-0.39, 0.29) is 12.4 Å². The maximum Gasteiger partial charge on any atom is 0.527 e. The van der Waals surface area contributed by atoms with E-state index in [1.165, 1.54) is 94.9 Å². The Morgan fingerprint density at radius 2 is 1.24 bits per heavy atom. The normalized spacial score (nSPS) is 13.3. The fourth-order valence-corrected chi connectivity index (χ4v) is 4.08. The molecule has 1 aromatic carbocycles. The van der Waals surface area contributed by atoms with Crippen LogP contribution in [0.15, 0.2) is 24.3 Å². The summed E-state index contributed by atoms with van der Waals surface area (Å²) in [6.07, 6.45) is 17.6. The first kappa shape index (κ1) is 26.1. The molecule has 0 fully saturated rings. The average Bonchev–Trinajstić information content (AvgIpc) is 2.71. The largest absolute Gasteiger partial charge is 0.527 e. The van der Waals surface area contributed by atoms with Crippen molar-refractivity contribution in [3.8, 4) is 5.75 Å². The molecule has 168 valence electrons. The van der Waals surface area contributed by atoms with Gasteiger partial charge in [-0.05, 0) is 24.1 Å². The monoisotopic (exact) mass is 430 g/mol. The van der Waals surface area contributed by atoms with E-state index in [2.05, 4.69) is 6.92 Å². The quantitative estimate of drug-likeness (QED) is 0.178. The van der Waals surface area contributed by atoms with Crippen molar-refractivity contribution in [1.82, 2.24) is 0 Å². The lowest BCUT2D eigenvalue weighted by Crippen LogP contribution is -1.99. The Balaban J connectivity index is 1.92. The molecule has 1 atom stereocenters. The lowest BCUT2D eigenvalue weighted by Gasteiger charge is -2.13. The molecule has 0 aromatic heterocycles. The van der Waals surface area contributed by atoms with Gasteiger partial charge in [-0.1, -0.05) is 103 Å². The maximum atomic E-state index is 12.5. The molecule has 0 aliphatic carbocycles. The number of hydrogen-bond acceptors (Lipinski definition) is 3. The summed E-state index contributed by atoms with van der Waals surface area (Å²) < 4.78 is 34.4. The third-order valence-electron chi connectivity index (χ3n) is 5.05. The van der Waals surface area contributed by atoms with Crippen molar-refractivity contribution in [3.05, 3.63) is 29.8 Å². The second-order valence-corrected chi connectivity index (χ2v) is 9.14. The van der Waals surface area contributed by atoms with Gasteiger partial charge in [-0.25, -0.2) is 8.96 Å². The molecular formula is C23H40FO4P. The minimum absolute atomic E-state index is 0.203. The Morgan fingerprint density at radius 3 is 1.69 bits per heavy atom.